The minimum Gasteiger partial charge on any atom is -0.493 e. The minimum absolute atomic E-state index is 0.520. The summed E-state index contributed by atoms with van der Waals surface area (Å²) in [6, 6.07) is 9.02. The third-order valence-corrected chi connectivity index (χ3v) is 3.36. The summed E-state index contributed by atoms with van der Waals surface area (Å²) < 4.78 is 10.7. The van der Waals surface area contributed by atoms with Gasteiger partial charge in [-0.15, -0.1) is 0 Å². The number of aldehydes is 1. The van der Waals surface area contributed by atoms with Crippen LogP contribution < -0.4 is 9.47 Å². The molecule has 0 unspecified atom stereocenters. The highest BCUT2D eigenvalue weighted by molar-refractivity contribution is 6.30. The molecule has 0 spiro atoms. The number of rotatable bonds is 4. The Morgan fingerprint density at radius 2 is 1.80 bits per heavy atom. The van der Waals surface area contributed by atoms with Crippen molar-refractivity contribution in [2.24, 2.45) is 0 Å². The summed E-state index contributed by atoms with van der Waals surface area (Å²) in [7, 11) is 3.11. The fourth-order valence-corrected chi connectivity index (χ4v) is 2.31. The number of hydrogen-bond donors (Lipinski definition) is 0. The Kier molecular flexibility index (Phi) is 4.30. The van der Waals surface area contributed by atoms with Gasteiger partial charge in [-0.25, -0.2) is 0 Å². The van der Waals surface area contributed by atoms with Gasteiger partial charge in [-0.2, -0.15) is 0 Å². The molecule has 2 aromatic carbocycles. The highest BCUT2D eigenvalue weighted by Gasteiger charge is 2.15. The number of methoxy groups -OCH3 is 2. The van der Waals surface area contributed by atoms with Crippen LogP contribution in [0.3, 0.4) is 0 Å². The summed E-state index contributed by atoms with van der Waals surface area (Å²) in [5.74, 6) is 1.11. The predicted molar refractivity (Wildman–Crippen MR) is 80.1 cm³/mol. The molecule has 20 heavy (non-hydrogen) atoms. The van der Waals surface area contributed by atoms with Crippen LogP contribution in [0.25, 0.3) is 11.1 Å². The molecule has 0 radical (unpaired) electrons. The number of halogens is 1. The van der Waals surface area contributed by atoms with Crippen LogP contribution in [-0.2, 0) is 0 Å². The van der Waals surface area contributed by atoms with Crippen molar-refractivity contribution in [3.63, 3.8) is 0 Å². The smallest absolute Gasteiger partial charge is 0.168 e. The van der Waals surface area contributed by atoms with Crippen molar-refractivity contribution >= 4 is 17.9 Å². The second-order valence-electron chi connectivity index (χ2n) is 4.38. The van der Waals surface area contributed by atoms with Crippen LogP contribution in [0, 0.1) is 6.92 Å². The first kappa shape index (κ1) is 14.4. The van der Waals surface area contributed by atoms with Crippen LogP contribution in [0.15, 0.2) is 30.3 Å². The van der Waals surface area contributed by atoms with E-state index in [1.807, 2.05) is 25.1 Å². The van der Waals surface area contributed by atoms with E-state index in [1.54, 1.807) is 26.4 Å². The van der Waals surface area contributed by atoms with Gasteiger partial charge < -0.3 is 9.47 Å². The Labute approximate surface area is 123 Å². The Bertz CT molecular complexity index is 650. The van der Waals surface area contributed by atoms with Crippen molar-refractivity contribution in [3.8, 4) is 22.6 Å². The monoisotopic (exact) mass is 290 g/mol. The standard InChI is InChI=1S/C16H15ClO3/c1-10-4-5-12(17)8-13(10)14-6-11(9-18)7-15(19-2)16(14)20-3/h4-9H,1-3H3. The van der Waals surface area contributed by atoms with Crippen LogP contribution in [-0.4, -0.2) is 20.5 Å². The summed E-state index contributed by atoms with van der Waals surface area (Å²) in [6.45, 7) is 1.98. The Morgan fingerprint density at radius 1 is 1.05 bits per heavy atom. The fourth-order valence-electron chi connectivity index (χ4n) is 2.14. The molecule has 0 saturated carbocycles. The molecule has 0 aliphatic heterocycles. The third-order valence-electron chi connectivity index (χ3n) is 3.13. The maximum Gasteiger partial charge on any atom is 0.168 e. The van der Waals surface area contributed by atoms with Gasteiger partial charge in [0.2, 0.25) is 0 Å². The van der Waals surface area contributed by atoms with E-state index < -0.39 is 0 Å². The van der Waals surface area contributed by atoms with Crippen molar-refractivity contribution in [3.05, 3.63) is 46.5 Å². The number of hydrogen-bond acceptors (Lipinski definition) is 3. The average Bonchev–Trinajstić information content (AvgIpc) is 2.48. The quantitative estimate of drug-likeness (QED) is 0.794. The third kappa shape index (κ3) is 2.63. The number of carbonyl (C=O) groups is 1. The van der Waals surface area contributed by atoms with Crippen LogP contribution in [0.1, 0.15) is 15.9 Å². The molecule has 3 nitrogen and oxygen atoms in total. The topological polar surface area (TPSA) is 35.5 Å². The van der Waals surface area contributed by atoms with Gasteiger partial charge in [0.1, 0.15) is 6.29 Å². The van der Waals surface area contributed by atoms with E-state index in [-0.39, 0.29) is 0 Å². The van der Waals surface area contributed by atoms with Gasteiger partial charge in [0, 0.05) is 16.1 Å². The van der Waals surface area contributed by atoms with E-state index in [9.17, 15) is 4.79 Å². The van der Waals surface area contributed by atoms with Gasteiger partial charge in [0.05, 0.1) is 14.2 Å². The predicted octanol–water partition coefficient (Wildman–Crippen LogP) is 4.15. The van der Waals surface area contributed by atoms with Crippen molar-refractivity contribution in [2.45, 2.75) is 6.92 Å². The molecule has 0 aliphatic carbocycles. The largest absolute Gasteiger partial charge is 0.493 e. The molecule has 104 valence electrons. The summed E-state index contributed by atoms with van der Waals surface area (Å²) in [4.78, 5) is 11.1. The van der Waals surface area contributed by atoms with Crippen molar-refractivity contribution in [1.82, 2.24) is 0 Å². The zero-order valence-corrected chi connectivity index (χ0v) is 12.3. The summed E-state index contributed by atoms with van der Waals surface area (Å²) in [5, 5.41) is 0.628. The molecule has 2 aromatic rings. The average molecular weight is 291 g/mol. The minimum atomic E-state index is 0.520. The van der Waals surface area contributed by atoms with Gasteiger partial charge >= 0.3 is 0 Å². The van der Waals surface area contributed by atoms with Crippen molar-refractivity contribution < 1.29 is 14.3 Å². The van der Waals surface area contributed by atoms with Crippen LogP contribution in [0.2, 0.25) is 5.02 Å². The zero-order valence-electron chi connectivity index (χ0n) is 11.6. The first-order valence-electron chi connectivity index (χ1n) is 6.08. The molecular weight excluding hydrogens is 276 g/mol. The molecule has 0 amide bonds. The lowest BCUT2D eigenvalue weighted by Crippen LogP contribution is -1.96. The molecule has 0 N–H and O–H groups in total. The first-order valence-corrected chi connectivity index (χ1v) is 6.46. The molecule has 0 bridgehead atoms. The Hall–Kier alpha value is -2.00. The molecule has 0 atom stereocenters. The highest BCUT2D eigenvalue weighted by atomic mass is 35.5. The molecule has 0 heterocycles. The zero-order chi connectivity index (χ0) is 14.7. The lowest BCUT2D eigenvalue weighted by atomic mass is 9.97. The van der Waals surface area contributed by atoms with Gasteiger partial charge in [0.15, 0.2) is 11.5 Å². The van der Waals surface area contributed by atoms with Crippen LogP contribution >= 0.6 is 11.6 Å². The lowest BCUT2D eigenvalue weighted by Gasteiger charge is -2.15. The molecule has 0 aliphatic rings. The summed E-state index contributed by atoms with van der Waals surface area (Å²) >= 11 is 6.07. The van der Waals surface area contributed by atoms with Gasteiger partial charge in [-0.05, 0) is 42.3 Å². The first-order chi connectivity index (χ1) is 9.60. The number of benzene rings is 2. The molecule has 2 rings (SSSR count). The van der Waals surface area contributed by atoms with Crippen LogP contribution in [0.4, 0.5) is 0 Å². The van der Waals surface area contributed by atoms with E-state index in [1.165, 1.54) is 0 Å². The maximum absolute atomic E-state index is 11.1. The SMILES string of the molecule is COc1cc(C=O)cc(-c2cc(Cl)ccc2C)c1OC. The highest BCUT2D eigenvalue weighted by Crippen LogP contribution is 2.40. The van der Waals surface area contributed by atoms with Crippen molar-refractivity contribution in [1.29, 1.82) is 0 Å². The second-order valence-corrected chi connectivity index (χ2v) is 4.82. The van der Waals surface area contributed by atoms with Gasteiger partial charge in [-0.3, -0.25) is 4.79 Å². The second kappa shape index (κ2) is 5.97. The summed E-state index contributed by atoms with van der Waals surface area (Å²) in [5.41, 5.74) is 3.26. The molecule has 0 aromatic heterocycles. The van der Waals surface area contributed by atoms with Crippen molar-refractivity contribution in [2.75, 3.05) is 14.2 Å². The van der Waals surface area contributed by atoms with Crippen LogP contribution in [0.5, 0.6) is 11.5 Å². The normalized spacial score (nSPS) is 10.2. The lowest BCUT2D eigenvalue weighted by molar-refractivity contribution is 0.112. The molecule has 0 fully saturated rings. The summed E-state index contributed by atoms with van der Waals surface area (Å²) in [6.07, 6.45) is 0.783. The van der Waals surface area contributed by atoms with E-state index in [0.717, 1.165) is 23.0 Å². The molecular formula is C16H15ClO3. The Balaban J connectivity index is 2.77. The number of carbonyl (C=O) groups excluding carboxylic acids is 1. The molecule has 0 saturated heterocycles. The van der Waals surface area contributed by atoms with E-state index in [4.69, 9.17) is 21.1 Å². The van der Waals surface area contributed by atoms with Gasteiger partial charge in [-0.1, -0.05) is 17.7 Å². The van der Waals surface area contributed by atoms with Gasteiger partial charge in [0.25, 0.3) is 0 Å². The maximum atomic E-state index is 11.1. The van der Waals surface area contributed by atoms with E-state index in [2.05, 4.69) is 0 Å². The van der Waals surface area contributed by atoms with E-state index in [0.29, 0.717) is 22.1 Å². The van der Waals surface area contributed by atoms with E-state index >= 15 is 0 Å². The number of ether oxygens (including phenoxy) is 2. The molecule has 4 heteroatoms. The number of aryl methyl sites for hydroxylation is 1. The Morgan fingerprint density at radius 3 is 2.40 bits per heavy atom. The fraction of sp³-hybridized carbons (Fsp3) is 0.188.